The molecule has 0 bridgehead atoms. The van der Waals surface area contributed by atoms with Gasteiger partial charge in [-0.05, 0) is 30.7 Å². The molecule has 1 heterocycles. The van der Waals surface area contributed by atoms with Crippen molar-refractivity contribution >= 4 is 5.96 Å². The van der Waals surface area contributed by atoms with Gasteiger partial charge in [-0.3, -0.25) is 4.99 Å². The summed E-state index contributed by atoms with van der Waals surface area (Å²) in [6, 6.07) is 20.0. The van der Waals surface area contributed by atoms with E-state index < -0.39 is 0 Å². The molecule has 144 valence electrons. The van der Waals surface area contributed by atoms with E-state index in [9.17, 15) is 4.39 Å². The first-order valence-corrected chi connectivity index (χ1v) is 9.05. The number of ether oxygens (including phenoxy) is 1. The summed E-state index contributed by atoms with van der Waals surface area (Å²) in [5.74, 6) is 1.14. The summed E-state index contributed by atoms with van der Waals surface area (Å²) >= 11 is 0. The molecule has 0 spiro atoms. The molecule has 0 saturated carbocycles. The van der Waals surface area contributed by atoms with Gasteiger partial charge in [0, 0.05) is 31.4 Å². The number of halogens is 1. The van der Waals surface area contributed by atoms with Gasteiger partial charge in [-0.15, -0.1) is 0 Å². The molecule has 1 atom stereocenters. The minimum Gasteiger partial charge on any atom is -0.439 e. The fourth-order valence-electron chi connectivity index (χ4n) is 2.70. The maximum Gasteiger partial charge on any atom is 0.224 e. The van der Waals surface area contributed by atoms with Crippen LogP contribution in [0, 0.1) is 5.82 Å². The molecule has 0 fully saturated rings. The van der Waals surface area contributed by atoms with Crippen LogP contribution in [0.3, 0.4) is 0 Å². The summed E-state index contributed by atoms with van der Waals surface area (Å²) in [7, 11) is 1.72. The Morgan fingerprint density at radius 3 is 2.68 bits per heavy atom. The Balaban J connectivity index is 1.65. The van der Waals surface area contributed by atoms with Crippen molar-refractivity contribution in [2.24, 2.45) is 4.99 Å². The third-order valence-electron chi connectivity index (χ3n) is 4.18. The summed E-state index contributed by atoms with van der Waals surface area (Å²) in [4.78, 5) is 8.55. The van der Waals surface area contributed by atoms with E-state index in [1.807, 2.05) is 30.3 Å². The van der Waals surface area contributed by atoms with Crippen molar-refractivity contribution in [1.82, 2.24) is 15.6 Å². The average Bonchev–Trinajstić information content (AvgIpc) is 2.72. The second-order valence-corrected chi connectivity index (χ2v) is 6.23. The minimum absolute atomic E-state index is 0.101. The van der Waals surface area contributed by atoms with E-state index in [1.165, 1.54) is 17.7 Å². The zero-order chi connectivity index (χ0) is 19.8. The number of hydrogen-bond acceptors (Lipinski definition) is 3. The number of guanidine groups is 1. The zero-order valence-corrected chi connectivity index (χ0v) is 15.9. The van der Waals surface area contributed by atoms with Crippen molar-refractivity contribution in [2.45, 2.75) is 19.5 Å². The Hall–Kier alpha value is -3.41. The van der Waals surface area contributed by atoms with Gasteiger partial charge in [0.25, 0.3) is 0 Å². The Kier molecular flexibility index (Phi) is 6.57. The van der Waals surface area contributed by atoms with Crippen LogP contribution in [0.1, 0.15) is 24.1 Å². The maximum absolute atomic E-state index is 13.4. The lowest BCUT2D eigenvalue weighted by atomic mass is 10.1. The number of nitrogens with zero attached hydrogens (tertiary/aromatic N) is 2. The van der Waals surface area contributed by atoms with Crippen LogP contribution in [0.5, 0.6) is 11.6 Å². The third-order valence-corrected chi connectivity index (χ3v) is 4.18. The second-order valence-electron chi connectivity index (χ2n) is 6.23. The molecule has 0 radical (unpaired) electrons. The van der Waals surface area contributed by atoms with Gasteiger partial charge in [0.15, 0.2) is 5.96 Å². The zero-order valence-electron chi connectivity index (χ0n) is 15.9. The summed E-state index contributed by atoms with van der Waals surface area (Å²) in [5.41, 5.74) is 2.00. The molecule has 1 aromatic heterocycles. The summed E-state index contributed by atoms with van der Waals surface area (Å²) in [6.45, 7) is 2.53. The minimum atomic E-state index is -0.354. The van der Waals surface area contributed by atoms with Gasteiger partial charge in [-0.2, -0.15) is 0 Å². The molecule has 2 N–H and O–H groups in total. The Labute approximate surface area is 164 Å². The van der Waals surface area contributed by atoms with Crippen LogP contribution in [0.4, 0.5) is 4.39 Å². The van der Waals surface area contributed by atoms with Crippen LogP contribution in [-0.4, -0.2) is 18.0 Å². The van der Waals surface area contributed by atoms with Crippen molar-refractivity contribution in [2.75, 3.05) is 7.05 Å². The predicted molar refractivity (Wildman–Crippen MR) is 109 cm³/mol. The smallest absolute Gasteiger partial charge is 0.224 e. The molecule has 1 unspecified atom stereocenters. The first-order chi connectivity index (χ1) is 13.7. The predicted octanol–water partition coefficient (Wildman–Crippen LogP) is 4.44. The Morgan fingerprint density at radius 2 is 1.93 bits per heavy atom. The van der Waals surface area contributed by atoms with Crippen LogP contribution in [-0.2, 0) is 6.54 Å². The monoisotopic (exact) mass is 378 g/mol. The van der Waals surface area contributed by atoms with E-state index in [2.05, 4.69) is 39.7 Å². The van der Waals surface area contributed by atoms with Gasteiger partial charge in [0.1, 0.15) is 11.6 Å². The number of benzene rings is 2. The van der Waals surface area contributed by atoms with Crippen LogP contribution < -0.4 is 15.4 Å². The highest BCUT2D eigenvalue weighted by molar-refractivity contribution is 5.80. The van der Waals surface area contributed by atoms with Gasteiger partial charge in [0.2, 0.25) is 5.88 Å². The van der Waals surface area contributed by atoms with E-state index in [1.54, 1.807) is 25.4 Å². The molecule has 0 aliphatic carbocycles. The highest BCUT2D eigenvalue weighted by Gasteiger charge is 2.10. The van der Waals surface area contributed by atoms with E-state index >= 15 is 0 Å². The lowest BCUT2D eigenvalue weighted by Crippen LogP contribution is -2.38. The van der Waals surface area contributed by atoms with Gasteiger partial charge >= 0.3 is 0 Å². The molecule has 0 saturated heterocycles. The van der Waals surface area contributed by atoms with Gasteiger partial charge < -0.3 is 15.4 Å². The largest absolute Gasteiger partial charge is 0.439 e. The average molecular weight is 378 g/mol. The quantitative estimate of drug-likeness (QED) is 0.492. The van der Waals surface area contributed by atoms with Crippen molar-refractivity contribution in [3.8, 4) is 11.6 Å². The summed E-state index contributed by atoms with van der Waals surface area (Å²) < 4.78 is 19.2. The molecule has 0 aliphatic heterocycles. The molecular formula is C22H23FN4O. The molecule has 2 aromatic carbocycles. The lowest BCUT2D eigenvalue weighted by Gasteiger charge is -2.19. The first-order valence-electron chi connectivity index (χ1n) is 9.05. The topological polar surface area (TPSA) is 58.5 Å². The SMILES string of the molecule is CN=C(NCc1cccnc1Oc1cccc(F)c1)NC(C)c1ccccc1. The molecule has 3 aromatic rings. The first kappa shape index (κ1) is 19.4. The number of pyridine rings is 1. The van der Waals surface area contributed by atoms with E-state index in [0.29, 0.717) is 24.1 Å². The summed E-state index contributed by atoms with van der Waals surface area (Å²) in [6.07, 6.45) is 1.64. The van der Waals surface area contributed by atoms with E-state index in [0.717, 1.165) is 5.56 Å². The fourth-order valence-corrected chi connectivity index (χ4v) is 2.70. The molecule has 6 heteroatoms. The molecule has 0 amide bonds. The van der Waals surface area contributed by atoms with Crippen molar-refractivity contribution in [3.05, 3.63) is 89.9 Å². The summed E-state index contributed by atoms with van der Waals surface area (Å²) in [5, 5.41) is 6.63. The standard InChI is InChI=1S/C22H23FN4O/c1-16(17-8-4-3-5-9-17)27-22(24-2)26-15-18-10-7-13-25-21(18)28-20-12-6-11-19(23)14-20/h3-14,16H,15H2,1-2H3,(H2,24,26,27). The van der Waals surface area contributed by atoms with Gasteiger partial charge in [-0.25, -0.2) is 9.37 Å². The van der Waals surface area contributed by atoms with Crippen LogP contribution >= 0.6 is 0 Å². The van der Waals surface area contributed by atoms with Gasteiger partial charge in [0.05, 0.1) is 6.04 Å². The highest BCUT2D eigenvalue weighted by Crippen LogP contribution is 2.23. The van der Waals surface area contributed by atoms with Crippen molar-refractivity contribution in [3.63, 3.8) is 0 Å². The maximum atomic E-state index is 13.4. The highest BCUT2D eigenvalue weighted by atomic mass is 19.1. The molecule has 0 aliphatic rings. The molecule has 3 rings (SSSR count). The Bertz CT molecular complexity index is 931. The van der Waals surface area contributed by atoms with E-state index in [-0.39, 0.29) is 11.9 Å². The number of rotatable bonds is 6. The van der Waals surface area contributed by atoms with Crippen LogP contribution in [0.25, 0.3) is 0 Å². The second kappa shape index (κ2) is 9.50. The van der Waals surface area contributed by atoms with Crippen LogP contribution in [0.2, 0.25) is 0 Å². The fraction of sp³-hybridized carbons (Fsp3) is 0.182. The molecule has 5 nitrogen and oxygen atoms in total. The number of hydrogen-bond donors (Lipinski definition) is 2. The Morgan fingerprint density at radius 1 is 1.11 bits per heavy atom. The van der Waals surface area contributed by atoms with Crippen molar-refractivity contribution < 1.29 is 9.13 Å². The number of aromatic nitrogens is 1. The molecular weight excluding hydrogens is 355 g/mol. The van der Waals surface area contributed by atoms with Crippen molar-refractivity contribution in [1.29, 1.82) is 0 Å². The normalized spacial score (nSPS) is 12.3. The molecule has 28 heavy (non-hydrogen) atoms. The lowest BCUT2D eigenvalue weighted by molar-refractivity contribution is 0.450. The van der Waals surface area contributed by atoms with Gasteiger partial charge in [-0.1, -0.05) is 42.5 Å². The van der Waals surface area contributed by atoms with E-state index in [4.69, 9.17) is 4.74 Å². The number of aliphatic imine (C=N–C) groups is 1. The number of nitrogens with one attached hydrogen (secondary N) is 2. The third kappa shape index (κ3) is 5.30. The van der Waals surface area contributed by atoms with Crippen LogP contribution in [0.15, 0.2) is 77.9 Å².